The van der Waals surface area contributed by atoms with E-state index in [-0.39, 0.29) is 5.56 Å². The van der Waals surface area contributed by atoms with Gasteiger partial charge in [-0.15, -0.1) is 0 Å². The maximum atomic E-state index is 12.7. The number of rotatable bonds is 2. The van der Waals surface area contributed by atoms with Gasteiger partial charge in [0.25, 0.3) is 0 Å². The summed E-state index contributed by atoms with van der Waals surface area (Å²) in [5, 5.41) is 0.465. The molecule has 0 radical (unpaired) electrons. The first-order valence-corrected chi connectivity index (χ1v) is 5.49. The molecule has 0 aliphatic rings. The third kappa shape index (κ3) is 2.71. The average Bonchev–Trinajstić information content (AvgIpc) is 2.16. The zero-order chi connectivity index (χ0) is 11.7. The molecule has 1 rings (SSSR count). The van der Waals surface area contributed by atoms with Gasteiger partial charge in [0.1, 0.15) is 0 Å². The molecule has 5 heteroatoms. The third-order valence-electron chi connectivity index (χ3n) is 2.19. The molecule has 0 fully saturated rings. The van der Waals surface area contributed by atoms with Gasteiger partial charge in [0.2, 0.25) is 0 Å². The molecule has 15 heavy (non-hydrogen) atoms. The molecule has 0 unspecified atom stereocenters. The summed E-state index contributed by atoms with van der Waals surface area (Å²) in [6.45, 7) is 3.51. The van der Waals surface area contributed by atoms with Crippen LogP contribution in [0.5, 0.6) is 0 Å². The minimum Gasteiger partial charge on any atom is -0.264 e. The van der Waals surface area contributed by atoms with E-state index >= 15 is 0 Å². The fraction of sp³-hybridized carbons (Fsp3) is 0.500. The van der Waals surface area contributed by atoms with Gasteiger partial charge >= 0.3 is 6.18 Å². The molecule has 0 saturated carbocycles. The van der Waals surface area contributed by atoms with Gasteiger partial charge in [-0.2, -0.15) is 13.2 Å². The molecule has 0 spiro atoms. The second-order valence-electron chi connectivity index (χ2n) is 3.94. The number of halogens is 4. The Labute approximate surface area is 94.8 Å². The first kappa shape index (κ1) is 12.5. The second kappa shape index (κ2) is 4.12. The summed E-state index contributed by atoms with van der Waals surface area (Å²) in [4.78, 5) is 3.52. The summed E-state index contributed by atoms with van der Waals surface area (Å²) in [5.41, 5.74) is -0.954. The predicted octanol–water partition coefficient (Wildman–Crippen LogP) is 3.77. The van der Waals surface area contributed by atoms with Gasteiger partial charge in [0, 0.05) is 23.1 Å². The molecule has 0 N–H and O–H groups in total. The Kier molecular flexibility index (Phi) is 3.43. The highest BCUT2D eigenvalue weighted by atomic mass is 79.9. The number of aromatic nitrogens is 1. The number of nitrogens with zero attached hydrogens (tertiary/aromatic N) is 1. The van der Waals surface area contributed by atoms with Gasteiger partial charge in [0.15, 0.2) is 0 Å². The molecule has 1 aromatic rings. The molecular weight excluding hydrogens is 271 g/mol. The van der Waals surface area contributed by atoms with E-state index in [2.05, 4.69) is 20.9 Å². The van der Waals surface area contributed by atoms with E-state index in [1.165, 1.54) is 12.3 Å². The van der Waals surface area contributed by atoms with Crippen LogP contribution in [0.3, 0.4) is 0 Å². The van der Waals surface area contributed by atoms with Crippen molar-refractivity contribution < 1.29 is 13.2 Å². The van der Waals surface area contributed by atoms with Crippen LogP contribution in [0.2, 0.25) is 0 Å². The van der Waals surface area contributed by atoms with Crippen molar-refractivity contribution in [3.8, 4) is 0 Å². The lowest BCUT2D eigenvalue weighted by Crippen LogP contribution is -2.24. The topological polar surface area (TPSA) is 12.9 Å². The van der Waals surface area contributed by atoms with Gasteiger partial charge in [0.05, 0.1) is 5.56 Å². The van der Waals surface area contributed by atoms with Crippen molar-refractivity contribution >= 4 is 15.9 Å². The number of pyridine rings is 1. The minimum atomic E-state index is -4.34. The zero-order valence-electron chi connectivity index (χ0n) is 8.40. The summed E-state index contributed by atoms with van der Waals surface area (Å²) in [7, 11) is 0. The van der Waals surface area contributed by atoms with Crippen LogP contribution in [0, 0.1) is 0 Å². The smallest absolute Gasteiger partial charge is 0.264 e. The average molecular weight is 282 g/mol. The largest absolute Gasteiger partial charge is 0.418 e. The van der Waals surface area contributed by atoms with E-state index < -0.39 is 17.2 Å². The first-order chi connectivity index (χ1) is 6.79. The van der Waals surface area contributed by atoms with Crippen molar-refractivity contribution in [3.63, 3.8) is 0 Å². The number of hydrogen-bond acceptors (Lipinski definition) is 1. The third-order valence-corrected chi connectivity index (χ3v) is 3.59. The summed E-state index contributed by atoms with van der Waals surface area (Å²) < 4.78 is 38.0. The lowest BCUT2D eigenvalue weighted by atomic mass is 9.84. The van der Waals surface area contributed by atoms with Crippen molar-refractivity contribution in [1.82, 2.24) is 4.98 Å². The van der Waals surface area contributed by atoms with E-state index in [9.17, 15) is 13.2 Å². The normalized spacial score (nSPS) is 12.9. The first-order valence-electron chi connectivity index (χ1n) is 4.36. The van der Waals surface area contributed by atoms with Crippen molar-refractivity contribution in [2.24, 2.45) is 0 Å². The van der Waals surface area contributed by atoms with Crippen LogP contribution in [-0.2, 0) is 11.6 Å². The Morgan fingerprint density at radius 3 is 2.33 bits per heavy atom. The van der Waals surface area contributed by atoms with Crippen LogP contribution >= 0.6 is 15.9 Å². The van der Waals surface area contributed by atoms with E-state index in [1.807, 2.05) is 0 Å². The van der Waals surface area contributed by atoms with Gasteiger partial charge in [-0.1, -0.05) is 29.8 Å². The molecule has 1 nitrogen and oxygen atoms in total. The summed E-state index contributed by atoms with van der Waals surface area (Å²) >= 11 is 3.22. The second-order valence-corrected chi connectivity index (χ2v) is 4.50. The summed E-state index contributed by atoms with van der Waals surface area (Å²) in [6.07, 6.45) is -2.09. The van der Waals surface area contributed by atoms with E-state index in [0.717, 1.165) is 6.20 Å². The molecule has 0 aliphatic carbocycles. The number of hydrogen-bond donors (Lipinski definition) is 0. The standard InChI is InChI=1S/C10H11BrF3N/c1-9(2,6-11)7-3-4-15-5-8(7)10(12,13)14/h3-5H,6H2,1-2H3. The van der Waals surface area contributed by atoms with Crippen molar-refractivity contribution in [1.29, 1.82) is 0 Å². The Morgan fingerprint density at radius 1 is 1.27 bits per heavy atom. The van der Waals surface area contributed by atoms with Crippen LogP contribution in [-0.4, -0.2) is 10.3 Å². The van der Waals surface area contributed by atoms with Gasteiger partial charge in [-0.3, -0.25) is 4.98 Å². The maximum Gasteiger partial charge on any atom is 0.418 e. The van der Waals surface area contributed by atoms with Crippen LogP contribution in [0.1, 0.15) is 25.0 Å². The molecule has 0 bridgehead atoms. The molecule has 1 heterocycles. The molecule has 0 atom stereocenters. The van der Waals surface area contributed by atoms with E-state index in [1.54, 1.807) is 13.8 Å². The van der Waals surface area contributed by atoms with Gasteiger partial charge in [-0.05, 0) is 11.6 Å². The van der Waals surface area contributed by atoms with E-state index in [4.69, 9.17) is 0 Å². The lowest BCUT2D eigenvalue weighted by Gasteiger charge is -2.25. The Bertz CT molecular complexity index is 347. The van der Waals surface area contributed by atoms with Gasteiger partial charge < -0.3 is 0 Å². The van der Waals surface area contributed by atoms with Crippen LogP contribution in [0.25, 0.3) is 0 Å². The van der Waals surface area contributed by atoms with Crippen LogP contribution in [0.4, 0.5) is 13.2 Å². The minimum absolute atomic E-state index is 0.266. The monoisotopic (exact) mass is 281 g/mol. The fourth-order valence-electron chi connectivity index (χ4n) is 1.28. The Morgan fingerprint density at radius 2 is 1.87 bits per heavy atom. The lowest BCUT2D eigenvalue weighted by molar-refractivity contribution is -0.138. The molecular formula is C10H11BrF3N. The van der Waals surface area contributed by atoms with E-state index in [0.29, 0.717) is 5.33 Å². The van der Waals surface area contributed by atoms with Crippen molar-refractivity contribution in [2.45, 2.75) is 25.4 Å². The highest BCUT2D eigenvalue weighted by Crippen LogP contribution is 2.37. The fourth-order valence-corrected chi connectivity index (χ4v) is 1.58. The summed E-state index contributed by atoms with van der Waals surface area (Å²) in [6, 6.07) is 1.42. The quantitative estimate of drug-likeness (QED) is 0.752. The highest BCUT2D eigenvalue weighted by Gasteiger charge is 2.37. The summed E-state index contributed by atoms with van der Waals surface area (Å²) in [5.74, 6) is 0. The molecule has 1 aromatic heterocycles. The Hall–Kier alpha value is -0.580. The predicted molar refractivity (Wildman–Crippen MR) is 56.1 cm³/mol. The van der Waals surface area contributed by atoms with Gasteiger partial charge in [-0.25, -0.2) is 0 Å². The molecule has 84 valence electrons. The highest BCUT2D eigenvalue weighted by molar-refractivity contribution is 9.09. The van der Waals surface area contributed by atoms with Crippen molar-refractivity contribution in [3.05, 3.63) is 29.6 Å². The SMILES string of the molecule is CC(C)(CBr)c1ccncc1C(F)(F)F. The Balaban J connectivity index is 3.31. The molecule has 0 aliphatic heterocycles. The molecule has 0 saturated heterocycles. The molecule has 0 amide bonds. The van der Waals surface area contributed by atoms with Crippen molar-refractivity contribution in [2.75, 3.05) is 5.33 Å². The molecule has 0 aromatic carbocycles. The number of alkyl halides is 4. The zero-order valence-corrected chi connectivity index (χ0v) is 9.98. The maximum absolute atomic E-state index is 12.7. The van der Waals surface area contributed by atoms with Crippen LogP contribution < -0.4 is 0 Å². The van der Waals surface area contributed by atoms with Crippen LogP contribution in [0.15, 0.2) is 18.5 Å².